The molecule has 0 saturated heterocycles. The molecule has 3 aromatic carbocycles. The van der Waals surface area contributed by atoms with Crippen LogP contribution in [0.15, 0.2) is 42.5 Å². The summed E-state index contributed by atoms with van der Waals surface area (Å²) in [5.41, 5.74) is -0.0604. The number of phenols is 2. The molecule has 7 nitrogen and oxygen atoms in total. The number of ether oxygens (including phenoxy) is 1. The molecule has 0 fully saturated rings. The van der Waals surface area contributed by atoms with Gasteiger partial charge in [-0.05, 0) is 36.4 Å². The zero-order valence-electron chi connectivity index (χ0n) is 16.2. The average molecular weight is 516 g/mol. The summed E-state index contributed by atoms with van der Waals surface area (Å²) < 4.78 is 5.17. The van der Waals surface area contributed by atoms with E-state index in [0.717, 1.165) is 0 Å². The van der Waals surface area contributed by atoms with Crippen LogP contribution in [0.25, 0.3) is 0 Å². The molecule has 0 atom stereocenters. The third-order valence-electron chi connectivity index (χ3n) is 4.27. The van der Waals surface area contributed by atoms with Gasteiger partial charge in [0.2, 0.25) is 0 Å². The molecular weight excluding hydrogens is 502 g/mol. The highest BCUT2D eigenvalue weighted by molar-refractivity contribution is 6.37. The zero-order chi connectivity index (χ0) is 23.6. The predicted octanol–water partition coefficient (Wildman–Crippen LogP) is 6.22. The van der Waals surface area contributed by atoms with Gasteiger partial charge in [-0.25, -0.2) is 0 Å². The Hall–Kier alpha value is -2.84. The lowest BCUT2D eigenvalue weighted by Gasteiger charge is -2.15. The number of rotatable bonds is 5. The van der Waals surface area contributed by atoms with Crippen molar-refractivity contribution in [3.8, 4) is 17.2 Å². The second kappa shape index (κ2) is 9.75. The van der Waals surface area contributed by atoms with Crippen LogP contribution >= 0.6 is 46.4 Å². The number of carbonyl (C=O) groups is 2. The highest BCUT2D eigenvalue weighted by Crippen LogP contribution is 2.35. The van der Waals surface area contributed by atoms with Crippen LogP contribution in [0.3, 0.4) is 0 Å². The van der Waals surface area contributed by atoms with Gasteiger partial charge in [0.1, 0.15) is 17.2 Å². The fourth-order valence-electron chi connectivity index (χ4n) is 2.72. The van der Waals surface area contributed by atoms with Crippen LogP contribution in [-0.2, 0) is 0 Å². The molecular formula is C21H14Cl4N2O5. The van der Waals surface area contributed by atoms with Gasteiger partial charge in [0.15, 0.2) is 0 Å². The van der Waals surface area contributed by atoms with Crippen LogP contribution in [0.5, 0.6) is 17.2 Å². The zero-order valence-corrected chi connectivity index (χ0v) is 19.2. The number of halogens is 4. The Morgan fingerprint density at radius 3 is 1.69 bits per heavy atom. The first kappa shape index (κ1) is 23.8. The summed E-state index contributed by atoms with van der Waals surface area (Å²) in [7, 11) is 1.42. The molecule has 166 valence electrons. The van der Waals surface area contributed by atoms with E-state index >= 15 is 0 Å². The summed E-state index contributed by atoms with van der Waals surface area (Å²) >= 11 is 23.6. The number of hydrogen-bond acceptors (Lipinski definition) is 5. The van der Waals surface area contributed by atoms with E-state index in [1.165, 1.54) is 43.5 Å². The summed E-state index contributed by atoms with van der Waals surface area (Å²) in [4.78, 5) is 25.5. The van der Waals surface area contributed by atoms with Crippen LogP contribution in [-0.4, -0.2) is 29.1 Å². The molecule has 0 aromatic heterocycles. The van der Waals surface area contributed by atoms with Gasteiger partial charge >= 0.3 is 0 Å². The Kier molecular flexibility index (Phi) is 7.26. The lowest BCUT2D eigenvalue weighted by Crippen LogP contribution is -2.17. The van der Waals surface area contributed by atoms with Crippen LogP contribution in [0, 0.1) is 0 Å². The molecule has 0 unspecified atom stereocenters. The molecule has 3 rings (SSSR count). The fraction of sp³-hybridized carbons (Fsp3) is 0.0476. The van der Waals surface area contributed by atoms with Crippen molar-refractivity contribution in [1.29, 1.82) is 0 Å². The number of benzene rings is 3. The maximum absolute atomic E-state index is 12.8. The Balaban J connectivity index is 1.96. The normalized spacial score (nSPS) is 10.5. The number of methoxy groups -OCH3 is 1. The Labute approximate surface area is 202 Å². The van der Waals surface area contributed by atoms with E-state index in [9.17, 15) is 19.8 Å². The molecule has 0 aliphatic carbocycles. The van der Waals surface area contributed by atoms with E-state index in [0.29, 0.717) is 5.75 Å². The van der Waals surface area contributed by atoms with Crippen LogP contribution < -0.4 is 15.4 Å². The number of carbonyl (C=O) groups excluding carboxylic acids is 2. The molecule has 11 heteroatoms. The van der Waals surface area contributed by atoms with Crippen molar-refractivity contribution in [3.63, 3.8) is 0 Å². The van der Waals surface area contributed by atoms with Crippen molar-refractivity contribution in [3.05, 3.63) is 73.7 Å². The molecule has 32 heavy (non-hydrogen) atoms. The van der Waals surface area contributed by atoms with E-state index in [4.69, 9.17) is 51.1 Å². The highest BCUT2D eigenvalue weighted by Gasteiger charge is 2.20. The summed E-state index contributed by atoms with van der Waals surface area (Å²) in [6.07, 6.45) is 0. The maximum Gasteiger partial charge on any atom is 0.259 e. The minimum Gasteiger partial charge on any atom is -0.506 e. The van der Waals surface area contributed by atoms with Crippen molar-refractivity contribution in [2.75, 3.05) is 17.7 Å². The quantitative estimate of drug-likeness (QED) is 0.322. The lowest BCUT2D eigenvalue weighted by molar-refractivity contribution is 0.101. The molecule has 0 aliphatic rings. The van der Waals surface area contributed by atoms with Gasteiger partial charge < -0.3 is 25.6 Å². The van der Waals surface area contributed by atoms with E-state index < -0.39 is 23.3 Å². The summed E-state index contributed by atoms with van der Waals surface area (Å²) in [5.74, 6) is -2.02. The molecule has 4 N–H and O–H groups in total. The molecule has 3 aromatic rings. The second-order valence-electron chi connectivity index (χ2n) is 6.39. The number of nitrogens with one attached hydrogen (secondary N) is 2. The average Bonchev–Trinajstić information content (AvgIpc) is 2.74. The number of phenolic OH excluding ortho intramolecular Hbond substituents is 2. The second-order valence-corrected chi connectivity index (χ2v) is 8.07. The summed E-state index contributed by atoms with van der Waals surface area (Å²) in [6.45, 7) is 0. The van der Waals surface area contributed by atoms with Gasteiger partial charge in [-0.2, -0.15) is 0 Å². The molecule has 0 aliphatic heterocycles. The Morgan fingerprint density at radius 2 is 1.22 bits per heavy atom. The number of hydrogen-bond donors (Lipinski definition) is 4. The van der Waals surface area contributed by atoms with Crippen LogP contribution in [0.2, 0.25) is 20.1 Å². The first-order chi connectivity index (χ1) is 15.1. The molecule has 2 amide bonds. The molecule has 0 spiro atoms. The van der Waals surface area contributed by atoms with Gasteiger partial charge in [-0.3, -0.25) is 9.59 Å². The van der Waals surface area contributed by atoms with Crippen molar-refractivity contribution in [1.82, 2.24) is 0 Å². The van der Waals surface area contributed by atoms with Gasteiger partial charge in [-0.15, -0.1) is 0 Å². The smallest absolute Gasteiger partial charge is 0.259 e. The maximum atomic E-state index is 12.8. The summed E-state index contributed by atoms with van der Waals surface area (Å²) in [5, 5.41) is 25.4. The van der Waals surface area contributed by atoms with Crippen LogP contribution in [0.1, 0.15) is 20.7 Å². The van der Waals surface area contributed by atoms with E-state index in [-0.39, 0.29) is 42.6 Å². The third kappa shape index (κ3) is 5.14. The minimum absolute atomic E-state index is 0.0979. The van der Waals surface area contributed by atoms with Gasteiger partial charge in [-0.1, -0.05) is 46.4 Å². The lowest BCUT2D eigenvalue weighted by atomic mass is 10.1. The Morgan fingerprint density at radius 1 is 0.750 bits per heavy atom. The number of anilines is 2. The first-order valence-corrected chi connectivity index (χ1v) is 10.3. The van der Waals surface area contributed by atoms with Crippen molar-refractivity contribution >= 4 is 69.6 Å². The van der Waals surface area contributed by atoms with Crippen molar-refractivity contribution in [2.45, 2.75) is 0 Å². The Bertz CT molecular complexity index is 1230. The largest absolute Gasteiger partial charge is 0.506 e. The van der Waals surface area contributed by atoms with E-state index in [2.05, 4.69) is 10.6 Å². The predicted molar refractivity (Wildman–Crippen MR) is 125 cm³/mol. The molecule has 0 heterocycles. The number of amides is 2. The SMILES string of the molecule is COc1ccc(NC(=O)c2cc(Cl)cc(Cl)c2O)c(NC(=O)c2cc(Cl)cc(Cl)c2O)c1. The number of aromatic hydroxyl groups is 2. The minimum atomic E-state index is -0.746. The van der Waals surface area contributed by atoms with Gasteiger partial charge in [0.25, 0.3) is 11.8 Å². The van der Waals surface area contributed by atoms with E-state index in [1.54, 1.807) is 6.07 Å². The summed E-state index contributed by atoms with van der Waals surface area (Å²) in [6, 6.07) is 9.52. The molecule has 0 saturated carbocycles. The monoisotopic (exact) mass is 514 g/mol. The van der Waals surface area contributed by atoms with Gasteiger partial charge in [0, 0.05) is 16.1 Å². The first-order valence-electron chi connectivity index (χ1n) is 8.77. The highest BCUT2D eigenvalue weighted by atomic mass is 35.5. The molecule has 0 bridgehead atoms. The van der Waals surface area contributed by atoms with Crippen molar-refractivity contribution in [2.24, 2.45) is 0 Å². The van der Waals surface area contributed by atoms with Gasteiger partial charge in [0.05, 0.1) is 39.7 Å². The van der Waals surface area contributed by atoms with Crippen LogP contribution in [0.4, 0.5) is 11.4 Å². The fourth-order valence-corrected chi connectivity index (χ4v) is 3.71. The molecule has 0 radical (unpaired) electrons. The van der Waals surface area contributed by atoms with Crippen molar-refractivity contribution < 1.29 is 24.5 Å². The third-order valence-corrected chi connectivity index (χ3v) is 5.28. The standard InChI is InChI=1S/C21H14Cl4N2O5/c1-32-11-2-3-16(26-20(30)12-4-9(22)6-14(24)18(12)28)17(8-11)27-21(31)13-5-10(23)7-15(25)19(13)29/h2-8,28-29H,1H3,(H,26,30)(H,27,31). The topological polar surface area (TPSA) is 108 Å². The van der Waals surface area contributed by atoms with E-state index in [1.807, 2.05) is 0 Å².